The largest absolute Gasteiger partial charge is 0.459 e. The molecule has 7 nitrogen and oxygen atoms in total. The van der Waals surface area contributed by atoms with Crippen LogP contribution < -0.4 is 15.4 Å². The maximum absolute atomic E-state index is 12.6. The number of ether oxygens (including phenoxy) is 1. The van der Waals surface area contributed by atoms with Gasteiger partial charge in [-0.05, 0) is 42.0 Å². The van der Waals surface area contributed by atoms with E-state index in [0.717, 1.165) is 5.56 Å². The van der Waals surface area contributed by atoms with Crippen molar-refractivity contribution in [2.75, 3.05) is 5.32 Å². The number of carbonyl (C=O) groups is 3. The Morgan fingerprint density at radius 2 is 1.79 bits per heavy atom. The molecule has 2 N–H and O–H groups in total. The van der Waals surface area contributed by atoms with Crippen LogP contribution in [0.25, 0.3) is 0 Å². The molecule has 7 heteroatoms. The summed E-state index contributed by atoms with van der Waals surface area (Å²) >= 11 is 0. The van der Waals surface area contributed by atoms with E-state index in [1.807, 2.05) is 6.07 Å². The van der Waals surface area contributed by atoms with E-state index in [4.69, 9.17) is 9.15 Å². The topological polar surface area (TPSA) is 97.6 Å². The van der Waals surface area contributed by atoms with Crippen LogP contribution in [-0.2, 0) is 11.3 Å². The second-order valence-electron chi connectivity index (χ2n) is 5.89. The molecule has 0 spiro atoms. The van der Waals surface area contributed by atoms with Crippen LogP contribution in [0.4, 0.5) is 5.69 Å². The Kier molecular flexibility index (Phi) is 5.86. The maximum atomic E-state index is 12.6. The lowest BCUT2D eigenvalue weighted by Gasteiger charge is -2.12. The summed E-state index contributed by atoms with van der Waals surface area (Å²) in [5.74, 6) is -0.669. The highest BCUT2D eigenvalue weighted by Gasteiger charge is 2.12. The van der Waals surface area contributed by atoms with Gasteiger partial charge in [0.15, 0.2) is 5.76 Å². The molecule has 0 aliphatic carbocycles. The first kappa shape index (κ1) is 18.9. The number of nitrogens with one attached hydrogen (secondary N) is 2. The number of hydrogen-bond donors (Lipinski definition) is 2. The quantitative estimate of drug-likeness (QED) is 0.506. The standard InChI is InChI=1S/C21H18N2O5/c1-14(24)28-17-8-4-7-15(12-17)20(25)23-18-9-3-2-6-16(18)13-22-21(26)19-10-5-11-27-19/h2-12H,13H2,1H3,(H,22,26)(H,23,25). The van der Waals surface area contributed by atoms with Crippen LogP contribution in [0.2, 0.25) is 0 Å². The number of furan rings is 1. The summed E-state index contributed by atoms with van der Waals surface area (Å²) in [4.78, 5) is 35.7. The molecule has 2 aromatic carbocycles. The number of carbonyl (C=O) groups excluding carboxylic acids is 3. The Labute approximate surface area is 161 Å². The third-order valence-corrected chi connectivity index (χ3v) is 3.81. The summed E-state index contributed by atoms with van der Waals surface area (Å²) in [7, 11) is 0. The fourth-order valence-electron chi connectivity index (χ4n) is 2.53. The first-order chi connectivity index (χ1) is 13.5. The molecule has 0 radical (unpaired) electrons. The molecule has 0 bridgehead atoms. The van der Waals surface area contributed by atoms with Crippen LogP contribution in [0, 0.1) is 0 Å². The van der Waals surface area contributed by atoms with Gasteiger partial charge in [0.2, 0.25) is 0 Å². The Hall–Kier alpha value is -3.87. The number of amides is 2. The van der Waals surface area contributed by atoms with Gasteiger partial charge in [-0.25, -0.2) is 0 Å². The van der Waals surface area contributed by atoms with Gasteiger partial charge in [-0.3, -0.25) is 14.4 Å². The highest BCUT2D eigenvalue weighted by Crippen LogP contribution is 2.19. The lowest BCUT2D eigenvalue weighted by molar-refractivity contribution is -0.131. The van der Waals surface area contributed by atoms with Gasteiger partial charge in [-0.15, -0.1) is 0 Å². The van der Waals surface area contributed by atoms with Crippen LogP contribution in [0.5, 0.6) is 5.75 Å². The molecular formula is C21H18N2O5. The zero-order chi connectivity index (χ0) is 19.9. The number of rotatable bonds is 6. The average Bonchev–Trinajstić information content (AvgIpc) is 3.21. The maximum Gasteiger partial charge on any atom is 0.308 e. The predicted octanol–water partition coefficient (Wildman–Crippen LogP) is 3.39. The van der Waals surface area contributed by atoms with Crippen molar-refractivity contribution in [2.24, 2.45) is 0 Å². The molecular weight excluding hydrogens is 360 g/mol. The highest BCUT2D eigenvalue weighted by molar-refractivity contribution is 6.05. The van der Waals surface area contributed by atoms with E-state index in [-0.39, 0.29) is 24.1 Å². The van der Waals surface area contributed by atoms with Gasteiger partial charge in [0.05, 0.1) is 6.26 Å². The molecule has 0 atom stereocenters. The lowest BCUT2D eigenvalue weighted by atomic mass is 10.1. The molecule has 3 rings (SSSR count). The third-order valence-electron chi connectivity index (χ3n) is 3.81. The summed E-state index contributed by atoms with van der Waals surface area (Å²) in [5, 5.41) is 5.56. The van der Waals surface area contributed by atoms with Gasteiger partial charge in [0.1, 0.15) is 5.75 Å². The van der Waals surface area contributed by atoms with Crippen molar-refractivity contribution >= 4 is 23.5 Å². The Balaban J connectivity index is 1.70. The Morgan fingerprint density at radius 3 is 2.54 bits per heavy atom. The van der Waals surface area contributed by atoms with E-state index >= 15 is 0 Å². The number of para-hydroxylation sites is 1. The van der Waals surface area contributed by atoms with E-state index < -0.39 is 5.97 Å². The van der Waals surface area contributed by atoms with E-state index in [2.05, 4.69) is 10.6 Å². The highest BCUT2D eigenvalue weighted by atomic mass is 16.5. The van der Waals surface area contributed by atoms with Crippen LogP contribution in [-0.4, -0.2) is 17.8 Å². The number of benzene rings is 2. The Morgan fingerprint density at radius 1 is 0.964 bits per heavy atom. The molecule has 0 fully saturated rings. The second kappa shape index (κ2) is 8.68. The molecule has 0 aliphatic heterocycles. The molecule has 0 aliphatic rings. The number of hydrogen-bond acceptors (Lipinski definition) is 5. The minimum atomic E-state index is -0.463. The van der Waals surface area contributed by atoms with Crippen molar-refractivity contribution in [3.8, 4) is 5.75 Å². The van der Waals surface area contributed by atoms with Gasteiger partial charge in [-0.1, -0.05) is 24.3 Å². The van der Waals surface area contributed by atoms with Crippen molar-refractivity contribution in [1.82, 2.24) is 5.32 Å². The van der Waals surface area contributed by atoms with Gasteiger partial charge in [-0.2, -0.15) is 0 Å². The molecule has 1 aromatic heterocycles. The SMILES string of the molecule is CC(=O)Oc1cccc(C(=O)Nc2ccccc2CNC(=O)c2ccco2)c1. The Bertz CT molecular complexity index is 996. The number of esters is 1. The normalized spacial score (nSPS) is 10.2. The van der Waals surface area contributed by atoms with Gasteiger partial charge >= 0.3 is 5.97 Å². The lowest BCUT2D eigenvalue weighted by Crippen LogP contribution is -2.23. The van der Waals surface area contributed by atoms with Crippen molar-refractivity contribution in [1.29, 1.82) is 0 Å². The van der Waals surface area contributed by atoms with Crippen LogP contribution in [0.1, 0.15) is 33.4 Å². The summed E-state index contributed by atoms with van der Waals surface area (Å²) in [6, 6.07) is 16.6. The fourth-order valence-corrected chi connectivity index (χ4v) is 2.53. The minimum absolute atomic E-state index is 0.212. The van der Waals surface area contributed by atoms with E-state index in [1.165, 1.54) is 19.3 Å². The monoisotopic (exact) mass is 378 g/mol. The molecule has 142 valence electrons. The summed E-state index contributed by atoms with van der Waals surface area (Å²) < 4.78 is 10.1. The fraction of sp³-hybridized carbons (Fsp3) is 0.0952. The summed E-state index contributed by atoms with van der Waals surface area (Å²) in [5.41, 5.74) is 1.63. The molecule has 3 aromatic rings. The predicted molar refractivity (Wildman–Crippen MR) is 102 cm³/mol. The molecule has 28 heavy (non-hydrogen) atoms. The third kappa shape index (κ3) is 4.85. The summed E-state index contributed by atoms with van der Waals surface area (Å²) in [6.45, 7) is 1.50. The van der Waals surface area contributed by atoms with E-state index in [9.17, 15) is 14.4 Å². The second-order valence-corrected chi connectivity index (χ2v) is 5.89. The summed E-state index contributed by atoms with van der Waals surface area (Å²) in [6.07, 6.45) is 1.42. The number of anilines is 1. The van der Waals surface area contributed by atoms with Gasteiger partial charge in [0, 0.05) is 24.7 Å². The van der Waals surface area contributed by atoms with E-state index in [0.29, 0.717) is 17.0 Å². The molecule has 2 amide bonds. The zero-order valence-corrected chi connectivity index (χ0v) is 15.1. The van der Waals surface area contributed by atoms with Crippen molar-refractivity contribution in [2.45, 2.75) is 13.5 Å². The molecule has 1 heterocycles. The smallest absolute Gasteiger partial charge is 0.308 e. The first-order valence-corrected chi connectivity index (χ1v) is 8.52. The van der Waals surface area contributed by atoms with Gasteiger partial charge in [0.25, 0.3) is 11.8 Å². The van der Waals surface area contributed by atoms with E-state index in [1.54, 1.807) is 48.5 Å². The zero-order valence-electron chi connectivity index (χ0n) is 15.1. The molecule has 0 saturated carbocycles. The average molecular weight is 378 g/mol. The van der Waals surface area contributed by atoms with Crippen LogP contribution >= 0.6 is 0 Å². The molecule has 0 unspecified atom stereocenters. The van der Waals surface area contributed by atoms with Crippen LogP contribution in [0.3, 0.4) is 0 Å². The first-order valence-electron chi connectivity index (χ1n) is 8.52. The molecule has 0 saturated heterocycles. The van der Waals surface area contributed by atoms with Gasteiger partial charge < -0.3 is 19.8 Å². The van der Waals surface area contributed by atoms with Crippen molar-refractivity contribution < 1.29 is 23.5 Å². The van der Waals surface area contributed by atoms with Crippen molar-refractivity contribution in [3.05, 3.63) is 83.8 Å². The van der Waals surface area contributed by atoms with Crippen LogP contribution in [0.15, 0.2) is 71.3 Å². The minimum Gasteiger partial charge on any atom is -0.459 e. The van der Waals surface area contributed by atoms with Crippen molar-refractivity contribution in [3.63, 3.8) is 0 Å².